The summed E-state index contributed by atoms with van der Waals surface area (Å²) in [5.74, 6) is -0.301. The summed E-state index contributed by atoms with van der Waals surface area (Å²) in [5.41, 5.74) is 0. The second-order valence-corrected chi connectivity index (χ2v) is 9.13. The van der Waals surface area contributed by atoms with E-state index >= 15 is 0 Å². The molecule has 2 aliphatic heterocycles. The zero-order valence-corrected chi connectivity index (χ0v) is 17.5. The zero-order chi connectivity index (χ0) is 21.6. The van der Waals surface area contributed by atoms with E-state index in [1.807, 2.05) is 0 Å². The molecule has 11 heteroatoms. The fourth-order valence-corrected chi connectivity index (χ4v) is 4.54. The standard InChI is InChI=1S/C19H29N3O7S/c23-17(20-6-7-22-8-10-28-11-9-22)12-15-18(24)19(25)16(29-15)13-21-30(26,27)14-4-2-1-3-5-14/h1-5,15-16,18-19,21,24-25H,6-13H2,(H,20,23)/t15-,16-,18-,19+/m0/s1. The van der Waals surface area contributed by atoms with Crippen LogP contribution in [0.2, 0.25) is 0 Å². The number of rotatable bonds is 9. The van der Waals surface area contributed by atoms with Gasteiger partial charge in [-0.1, -0.05) is 18.2 Å². The van der Waals surface area contributed by atoms with E-state index in [-0.39, 0.29) is 23.8 Å². The lowest BCUT2D eigenvalue weighted by atomic mass is 10.1. The van der Waals surface area contributed by atoms with Gasteiger partial charge in [0.05, 0.1) is 30.6 Å². The number of morpholine rings is 1. The SMILES string of the molecule is O=C(C[C@@H]1O[C@@H](CNS(=O)(=O)c2ccccc2)[C@@H](O)[C@H]1O)NCCN1CCOCC1. The van der Waals surface area contributed by atoms with E-state index in [2.05, 4.69) is 14.9 Å². The maximum atomic E-state index is 12.3. The number of nitrogens with zero attached hydrogens (tertiary/aromatic N) is 1. The Morgan fingerprint density at radius 2 is 1.77 bits per heavy atom. The van der Waals surface area contributed by atoms with Crippen molar-refractivity contribution in [2.75, 3.05) is 45.9 Å². The van der Waals surface area contributed by atoms with Crippen molar-refractivity contribution in [1.82, 2.24) is 14.9 Å². The van der Waals surface area contributed by atoms with Gasteiger partial charge < -0.3 is 25.0 Å². The molecule has 168 valence electrons. The molecule has 1 aromatic rings. The molecule has 2 saturated heterocycles. The first-order valence-electron chi connectivity index (χ1n) is 10.00. The maximum absolute atomic E-state index is 12.3. The van der Waals surface area contributed by atoms with E-state index in [1.54, 1.807) is 18.2 Å². The van der Waals surface area contributed by atoms with Crippen LogP contribution in [0.4, 0.5) is 0 Å². The first-order valence-corrected chi connectivity index (χ1v) is 11.5. The van der Waals surface area contributed by atoms with Crippen LogP contribution >= 0.6 is 0 Å². The predicted molar refractivity (Wildman–Crippen MR) is 107 cm³/mol. The lowest BCUT2D eigenvalue weighted by Crippen LogP contribution is -2.42. The number of hydrogen-bond donors (Lipinski definition) is 4. The van der Waals surface area contributed by atoms with Crippen LogP contribution in [-0.2, 0) is 24.3 Å². The normalized spacial score (nSPS) is 27.8. The summed E-state index contributed by atoms with van der Waals surface area (Å²) in [5, 5.41) is 23.2. The molecule has 2 fully saturated rings. The molecule has 2 heterocycles. The van der Waals surface area contributed by atoms with Crippen LogP contribution in [-0.4, -0.2) is 99.8 Å². The number of aliphatic hydroxyl groups is 2. The molecule has 1 aromatic carbocycles. The van der Waals surface area contributed by atoms with Crippen molar-refractivity contribution in [3.63, 3.8) is 0 Å². The highest BCUT2D eigenvalue weighted by molar-refractivity contribution is 7.89. The third kappa shape index (κ3) is 6.20. The largest absolute Gasteiger partial charge is 0.388 e. The molecule has 0 bridgehead atoms. The number of ether oxygens (including phenoxy) is 2. The van der Waals surface area contributed by atoms with Gasteiger partial charge in [-0.05, 0) is 12.1 Å². The molecule has 1 amide bonds. The Kier molecular flexibility index (Phi) is 8.17. The van der Waals surface area contributed by atoms with Gasteiger partial charge in [0.1, 0.15) is 18.3 Å². The van der Waals surface area contributed by atoms with Crippen LogP contribution in [0.1, 0.15) is 6.42 Å². The number of nitrogens with one attached hydrogen (secondary N) is 2. The minimum Gasteiger partial charge on any atom is -0.388 e. The second kappa shape index (κ2) is 10.6. The summed E-state index contributed by atoms with van der Waals surface area (Å²) in [7, 11) is -3.77. The summed E-state index contributed by atoms with van der Waals surface area (Å²) < 4.78 is 37.8. The number of carbonyl (C=O) groups excluding carboxylic acids is 1. The van der Waals surface area contributed by atoms with E-state index in [9.17, 15) is 23.4 Å². The molecular weight excluding hydrogens is 414 g/mol. The minimum absolute atomic E-state index is 0.0919. The van der Waals surface area contributed by atoms with Crippen molar-refractivity contribution in [3.05, 3.63) is 30.3 Å². The van der Waals surface area contributed by atoms with Gasteiger partial charge in [0.2, 0.25) is 15.9 Å². The van der Waals surface area contributed by atoms with Crippen molar-refractivity contribution in [1.29, 1.82) is 0 Å². The van der Waals surface area contributed by atoms with Crippen molar-refractivity contribution in [3.8, 4) is 0 Å². The summed E-state index contributed by atoms with van der Waals surface area (Å²) >= 11 is 0. The molecule has 4 atom stereocenters. The maximum Gasteiger partial charge on any atom is 0.240 e. The summed E-state index contributed by atoms with van der Waals surface area (Å²) in [6, 6.07) is 7.82. The van der Waals surface area contributed by atoms with Crippen LogP contribution in [0.3, 0.4) is 0 Å². The van der Waals surface area contributed by atoms with Gasteiger partial charge in [-0.2, -0.15) is 0 Å². The average molecular weight is 444 g/mol. The molecule has 0 radical (unpaired) electrons. The molecule has 30 heavy (non-hydrogen) atoms. The number of hydrogen-bond acceptors (Lipinski definition) is 8. The highest BCUT2D eigenvalue weighted by Gasteiger charge is 2.43. The van der Waals surface area contributed by atoms with Gasteiger partial charge in [0.25, 0.3) is 0 Å². The summed E-state index contributed by atoms with van der Waals surface area (Å²) in [6.07, 6.45) is -4.56. The lowest BCUT2D eigenvalue weighted by Gasteiger charge is -2.26. The van der Waals surface area contributed by atoms with Gasteiger partial charge in [0, 0.05) is 32.7 Å². The minimum atomic E-state index is -3.77. The lowest BCUT2D eigenvalue weighted by molar-refractivity contribution is -0.125. The number of sulfonamides is 1. The second-order valence-electron chi connectivity index (χ2n) is 7.37. The first-order chi connectivity index (χ1) is 14.4. The number of amides is 1. The molecule has 0 aliphatic carbocycles. The number of aliphatic hydroxyl groups excluding tert-OH is 2. The molecule has 0 unspecified atom stereocenters. The average Bonchev–Trinajstić information content (AvgIpc) is 3.01. The van der Waals surface area contributed by atoms with Gasteiger partial charge in [0.15, 0.2) is 0 Å². The molecule has 0 aromatic heterocycles. The molecule has 10 nitrogen and oxygen atoms in total. The molecule has 0 saturated carbocycles. The fourth-order valence-electron chi connectivity index (χ4n) is 3.47. The highest BCUT2D eigenvalue weighted by Crippen LogP contribution is 2.23. The van der Waals surface area contributed by atoms with E-state index < -0.39 is 34.4 Å². The smallest absolute Gasteiger partial charge is 0.240 e. The number of carbonyl (C=O) groups is 1. The zero-order valence-electron chi connectivity index (χ0n) is 16.6. The number of benzene rings is 1. The van der Waals surface area contributed by atoms with Crippen molar-refractivity contribution >= 4 is 15.9 Å². The van der Waals surface area contributed by atoms with E-state index in [0.29, 0.717) is 26.3 Å². The van der Waals surface area contributed by atoms with E-state index in [0.717, 1.165) is 13.1 Å². The van der Waals surface area contributed by atoms with Crippen molar-refractivity contribution in [2.45, 2.75) is 35.7 Å². The predicted octanol–water partition coefficient (Wildman–Crippen LogP) is -1.71. The van der Waals surface area contributed by atoms with Gasteiger partial charge in [-0.25, -0.2) is 13.1 Å². The van der Waals surface area contributed by atoms with Gasteiger partial charge >= 0.3 is 0 Å². The van der Waals surface area contributed by atoms with Crippen LogP contribution < -0.4 is 10.0 Å². The summed E-state index contributed by atoms with van der Waals surface area (Å²) in [6.45, 7) is 3.97. The van der Waals surface area contributed by atoms with E-state index in [4.69, 9.17) is 9.47 Å². The fraction of sp³-hybridized carbons (Fsp3) is 0.632. The molecule has 4 N–H and O–H groups in total. The Labute approximate surface area is 176 Å². The third-order valence-electron chi connectivity index (χ3n) is 5.23. The third-order valence-corrected chi connectivity index (χ3v) is 6.67. The van der Waals surface area contributed by atoms with Crippen LogP contribution in [0, 0.1) is 0 Å². The quantitative estimate of drug-likeness (QED) is 0.354. The van der Waals surface area contributed by atoms with Crippen molar-refractivity contribution in [2.24, 2.45) is 0 Å². The van der Waals surface area contributed by atoms with Crippen molar-refractivity contribution < 1.29 is 32.9 Å². The first kappa shape index (κ1) is 23.1. The van der Waals surface area contributed by atoms with Crippen LogP contribution in [0.25, 0.3) is 0 Å². The van der Waals surface area contributed by atoms with Crippen LogP contribution in [0.15, 0.2) is 35.2 Å². The van der Waals surface area contributed by atoms with E-state index in [1.165, 1.54) is 12.1 Å². The Hall–Kier alpha value is -1.60. The summed E-state index contributed by atoms with van der Waals surface area (Å²) in [4.78, 5) is 14.4. The monoisotopic (exact) mass is 443 g/mol. The Morgan fingerprint density at radius 1 is 1.10 bits per heavy atom. The Balaban J connectivity index is 1.43. The molecular formula is C19H29N3O7S. The van der Waals surface area contributed by atoms with Gasteiger partial charge in [-0.15, -0.1) is 0 Å². The molecule has 0 spiro atoms. The molecule has 2 aliphatic rings. The molecule has 3 rings (SSSR count). The topological polar surface area (TPSA) is 137 Å². The van der Waals surface area contributed by atoms with Crippen LogP contribution in [0.5, 0.6) is 0 Å². The Bertz CT molecular complexity index is 787. The highest BCUT2D eigenvalue weighted by atomic mass is 32.2. The Morgan fingerprint density at radius 3 is 2.47 bits per heavy atom. The van der Waals surface area contributed by atoms with Gasteiger partial charge in [-0.3, -0.25) is 9.69 Å².